The average molecular weight is 1420 g/mol. The number of hydrogen-bond acceptors (Lipinski definition) is 15. The van der Waals surface area contributed by atoms with Crippen molar-refractivity contribution >= 4 is 39.5 Å². The van der Waals surface area contributed by atoms with Crippen molar-refractivity contribution in [1.29, 1.82) is 0 Å². The van der Waals surface area contributed by atoms with Crippen LogP contribution in [0.1, 0.15) is 413 Å². The summed E-state index contributed by atoms with van der Waals surface area (Å²) in [4.78, 5) is 72.9. The van der Waals surface area contributed by atoms with Crippen LogP contribution >= 0.6 is 15.6 Å². The highest BCUT2D eigenvalue weighted by Gasteiger charge is 2.30. The zero-order valence-corrected chi connectivity index (χ0v) is 65.0. The number of hydrogen-bond donors (Lipinski definition) is 3. The van der Waals surface area contributed by atoms with E-state index >= 15 is 0 Å². The highest BCUT2D eigenvalue weighted by molar-refractivity contribution is 7.47. The van der Waals surface area contributed by atoms with E-state index in [1.165, 1.54) is 238 Å². The van der Waals surface area contributed by atoms with E-state index in [0.717, 1.165) is 95.8 Å². The molecule has 2 unspecified atom stereocenters. The number of rotatable bonds is 78. The molecule has 0 spiro atoms. The van der Waals surface area contributed by atoms with Crippen molar-refractivity contribution in [3.8, 4) is 0 Å². The molecule has 0 amide bonds. The number of carbonyl (C=O) groups excluding carboxylic acids is 4. The van der Waals surface area contributed by atoms with Crippen LogP contribution in [0.4, 0.5) is 0 Å². The van der Waals surface area contributed by atoms with Gasteiger partial charge in [-0.2, -0.15) is 0 Å². The number of unbranched alkanes of at least 4 members (excludes halogenated alkanes) is 50. The molecule has 0 aliphatic heterocycles. The molecule has 17 nitrogen and oxygen atoms in total. The number of aliphatic hydroxyl groups excluding tert-OH is 1. The molecule has 0 aliphatic carbocycles. The normalized spacial score (nSPS) is 13.9. The van der Waals surface area contributed by atoms with Crippen LogP contribution in [0.3, 0.4) is 0 Å². The Hall–Kier alpha value is -1.94. The fourth-order valence-corrected chi connectivity index (χ4v) is 13.6. The predicted octanol–water partition coefficient (Wildman–Crippen LogP) is 23.3. The van der Waals surface area contributed by atoms with Gasteiger partial charge in [0.25, 0.3) is 0 Å². The Labute approximate surface area is 594 Å². The zero-order valence-electron chi connectivity index (χ0n) is 63.2. The second-order valence-electron chi connectivity index (χ2n) is 28.6. The van der Waals surface area contributed by atoms with Crippen molar-refractivity contribution in [2.45, 2.75) is 432 Å². The van der Waals surface area contributed by atoms with Gasteiger partial charge in [-0.3, -0.25) is 37.3 Å². The average Bonchev–Trinajstić information content (AvgIpc) is 2.78. The Balaban J connectivity index is 5.24. The minimum absolute atomic E-state index is 0.108. The van der Waals surface area contributed by atoms with Crippen LogP contribution in [0.15, 0.2) is 0 Å². The van der Waals surface area contributed by atoms with Crippen molar-refractivity contribution in [3.63, 3.8) is 0 Å². The van der Waals surface area contributed by atoms with E-state index in [0.29, 0.717) is 25.7 Å². The summed E-state index contributed by atoms with van der Waals surface area (Å²) < 4.78 is 68.6. The lowest BCUT2D eigenvalue weighted by molar-refractivity contribution is -0.161. The van der Waals surface area contributed by atoms with Crippen LogP contribution < -0.4 is 0 Å². The summed E-state index contributed by atoms with van der Waals surface area (Å²) in [6, 6.07) is 0. The third kappa shape index (κ3) is 72.2. The zero-order chi connectivity index (χ0) is 71.2. The Bertz CT molecular complexity index is 1860. The van der Waals surface area contributed by atoms with Gasteiger partial charge in [0.15, 0.2) is 12.2 Å². The van der Waals surface area contributed by atoms with Gasteiger partial charge in [0.05, 0.1) is 26.4 Å². The molecular weight excluding hydrogens is 1270 g/mol. The minimum atomic E-state index is -4.96. The molecule has 0 aliphatic rings. The summed E-state index contributed by atoms with van der Waals surface area (Å²) in [5.74, 6) is -1.32. The standard InChI is InChI=1S/C78H152O17P2/c1-6-9-12-15-18-21-24-26-28-30-33-37-42-47-52-57-62-76(81)89-68-74(95-78(83)64-59-54-49-44-39-35-31-32-36-40-45-50-55-60-71(4)5)70-93-97(86,87)91-66-72(79)65-90-96(84,85)92-69-73(67-88-75(80)61-56-51-46-41-23-20-17-14-11-8-3)94-77(82)63-58-53-48-43-38-34-29-27-25-22-19-16-13-10-7-2/h71-74,79H,6-70H2,1-5H3,(H,84,85)(H,86,87)/t72-,73+,74+/m0/s1. The van der Waals surface area contributed by atoms with Crippen molar-refractivity contribution < 1.29 is 80.2 Å². The number of phosphoric acid groups is 2. The molecule has 0 saturated heterocycles. The van der Waals surface area contributed by atoms with Gasteiger partial charge < -0.3 is 33.8 Å². The molecule has 19 heteroatoms. The molecule has 0 saturated carbocycles. The number of phosphoric ester groups is 2. The van der Waals surface area contributed by atoms with Crippen molar-refractivity contribution in [2.24, 2.45) is 5.92 Å². The maximum absolute atomic E-state index is 13.1. The molecule has 0 aromatic rings. The Morgan fingerprint density at radius 2 is 0.474 bits per heavy atom. The van der Waals surface area contributed by atoms with Crippen molar-refractivity contribution in [2.75, 3.05) is 39.6 Å². The van der Waals surface area contributed by atoms with Crippen LogP contribution in [-0.2, 0) is 65.4 Å². The van der Waals surface area contributed by atoms with Crippen LogP contribution in [0, 0.1) is 5.92 Å². The summed E-state index contributed by atoms with van der Waals surface area (Å²) in [6.45, 7) is 7.33. The van der Waals surface area contributed by atoms with Gasteiger partial charge >= 0.3 is 39.5 Å². The Kier molecular flexibility index (Phi) is 69.6. The molecule has 0 bridgehead atoms. The fraction of sp³-hybridized carbons (Fsp3) is 0.949. The summed E-state index contributed by atoms with van der Waals surface area (Å²) in [5.41, 5.74) is 0. The molecule has 5 atom stereocenters. The number of carbonyl (C=O) groups is 4. The van der Waals surface area contributed by atoms with Gasteiger partial charge in [-0.05, 0) is 31.6 Å². The highest BCUT2D eigenvalue weighted by Crippen LogP contribution is 2.45. The highest BCUT2D eigenvalue weighted by atomic mass is 31.2. The summed E-state index contributed by atoms with van der Waals surface area (Å²) in [6.07, 6.45) is 60.9. The molecule has 0 heterocycles. The van der Waals surface area contributed by atoms with E-state index in [4.69, 9.17) is 37.0 Å². The molecule has 576 valence electrons. The Morgan fingerprint density at radius 3 is 0.701 bits per heavy atom. The van der Waals surface area contributed by atoms with E-state index < -0.39 is 97.5 Å². The summed E-state index contributed by atoms with van der Waals surface area (Å²) in [7, 11) is -9.91. The monoisotopic (exact) mass is 1420 g/mol. The number of esters is 4. The second kappa shape index (κ2) is 71.1. The summed E-state index contributed by atoms with van der Waals surface area (Å²) >= 11 is 0. The van der Waals surface area contributed by atoms with Crippen LogP contribution in [0.5, 0.6) is 0 Å². The minimum Gasteiger partial charge on any atom is -0.462 e. The predicted molar refractivity (Wildman–Crippen MR) is 395 cm³/mol. The second-order valence-corrected chi connectivity index (χ2v) is 31.5. The number of ether oxygens (including phenoxy) is 4. The van der Waals surface area contributed by atoms with E-state index in [1.54, 1.807) is 0 Å². The first kappa shape index (κ1) is 95.1. The maximum Gasteiger partial charge on any atom is 0.472 e. The largest absolute Gasteiger partial charge is 0.472 e. The lowest BCUT2D eigenvalue weighted by atomic mass is 10.0. The van der Waals surface area contributed by atoms with Gasteiger partial charge in [0.1, 0.15) is 19.3 Å². The van der Waals surface area contributed by atoms with Gasteiger partial charge in [-0.25, -0.2) is 9.13 Å². The smallest absolute Gasteiger partial charge is 0.462 e. The van der Waals surface area contributed by atoms with Gasteiger partial charge in [-0.15, -0.1) is 0 Å². The first-order chi connectivity index (χ1) is 47.0. The van der Waals surface area contributed by atoms with E-state index in [9.17, 15) is 43.2 Å². The van der Waals surface area contributed by atoms with Crippen molar-refractivity contribution in [3.05, 3.63) is 0 Å². The topological polar surface area (TPSA) is 237 Å². The molecular formula is C78H152O17P2. The van der Waals surface area contributed by atoms with Crippen LogP contribution in [0.25, 0.3) is 0 Å². The lowest BCUT2D eigenvalue weighted by Gasteiger charge is -2.21. The molecule has 97 heavy (non-hydrogen) atoms. The quantitative estimate of drug-likeness (QED) is 0.0222. The van der Waals surface area contributed by atoms with E-state index in [1.807, 2.05) is 0 Å². The lowest BCUT2D eigenvalue weighted by Crippen LogP contribution is -2.30. The number of aliphatic hydroxyl groups is 1. The van der Waals surface area contributed by atoms with E-state index in [-0.39, 0.29) is 25.7 Å². The first-order valence-corrected chi connectivity index (χ1v) is 43.6. The maximum atomic E-state index is 13.1. The molecule has 0 aromatic heterocycles. The first-order valence-electron chi connectivity index (χ1n) is 40.6. The Morgan fingerprint density at radius 1 is 0.278 bits per heavy atom. The third-order valence-electron chi connectivity index (χ3n) is 18.3. The summed E-state index contributed by atoms with van der Waals surface area (Å²) in [5, 5.41) is 10.6. The van der Waals surface area contributed by atoms with Crippen molar-refractivity contribution in [1.82, 2.24) is 0 Å². The van der Waals surface area contributed by atoms with Gasteiger partial charge in [-0.1, -0.05) is 362 Å². The van der Waals surface area contributed by atoms with Crippen LogP contribution in [-0.4, -0.2) is 96.7 Å². The molecule has 0 fully saturated rings. The van der Waals surface area contributed by atoms with Gasteiger partial charge in [0, 0.05) is 25.7 Å². The molecule has 0 aromatic carbocycles. The SMILES string of the molecule is CCCCCCCCCCCCCCCCCCC(=O)OC[C@H](COP(=O)(O)OC[C@@H](O)COP(=O)(O)OC[C@@H](COC(=O)CCCCCCCCCCCC)OC(=O)CCCCCCCCCCCCCCCCC)OC(=O)CCCCCCCCCCCCCCCC(C)C. The fourth-order valence-electron chi connectivity index (χ4n) is 12.1. The van der Waals surface area contributed by atoms with Gasteiger partial charge in [0.2, 0.25) is 0 Å². The third-order valence-corrected chi connectivity index (χ3v) is 20.2. The molecule has 0 radical (unpaired) electrons. The van der Waals surface area contributed by atoms with Crippen LogP contribution in [0.2, 0.25) is 0 Å². The molecule has 0 rings (SSSR count). The van der Waals surface area contributed by atoms with E-state index in [2.05, 4.69) is 34.6 Å². The molecule has 3 N–H and O–H groups in total.